The Kier molecular flexibility index (Phi) is 4.86. The third-order valence-corrected chi connectivity index (χ3v) is 2.29. The van der Waals surface area contributed by atoms with Crippen molar-refractivity contribution in [3.8, 4) is 0 Å². The quantitative estimate of drug-likeness (QED) is 0.473. The molecule has 1 fully saturated rings. The molecule has 0 aromatic rings. The molecule has 0 amide bonds. The summed E-state index contributed by atoms with van der Waals surface area (Å²) < 4.78 is 20.7. The molecule has 3 nitrogen and oxygen atoms in total. The average molecular weight is 238 g/mol. The summed E-state index contributed by atoms with van der Waals surface area (Å²) in [5.41, 5.74) is 0. The van der Waals surface area contributed by atoms with Gasteiger partial charge >= 0.3 is 7.60 Å². The minimum atomic E-state index is -2.64. The topological polar surface area (TPSA) is 35.5 Å². The summed E-state index contributed by atoms with van der Waals surface area (Å²) >= 11 is 0. The fourth-order valence-corrected chi connectivity index (χ4v) is 1.52. The van der Waals surface area contributed by atoms with Gasteiger partial charge in [0.15, 0.2) is 0 Å². The van der Waals surface area contributed by atoms with Crippen LogP contribution in [0.15, 0.2) is 0 Å². The molecule has 0 aromatic carbocycles. The van der Waals surface area contributed by atoms with Crippen LogP contribution in [0.4, 0.5) is 0 Å². The smallest absolute Gasteiger partial charge is 0.322 e. The van der Waals surface area contributed by atoms with Crippen molar-refractivity contribution in [2.75, 3.05) is 19.9 Å². The third-order valence-electron chi connectivity index (χ3n) is 1.09. The summed E-state index contributed by atoms with van der Waals surface area (Å²) in [5, 5.41) is 0. The van der Waals surface area contributed by atoms with Crippen LogP contribution in [-0.4, -0.2) is 19.9 Å². The van der Waals surface area contributed by atoms with Gasteiger partial charge in [0.05, 0.1) is 0 Å². The van der Waals surface area contributed by atoms with Crippen molar-refractivity contribution in [1.82, 2.24) is 0 Å². The van der Waals surface area contributed by atoms with Crippen LogP contribution in [0.25, 0.3) is 0 Å². The normalized spacial score (nSPS) is 25.4. The summed E-state index contributed by atoms with van der Waals surface area (Å²) in [5.74, 6) is 1.09. The number of hydrogen-bond acceptors (Lipinski definition) is 3. The molecular weight excluding hydrogens is 228 g/mol. The van der Waals surface area contributed by atoms with Crippen LogP contribution < -0.4 is 0 Å². The van der Waals surface area contributed by atoms with Gasteiger partial charge in [-0.15, -0.1) is 0 Å². The number of rotatable bonds is 0. The van der Waals surface area contributed by atoms with Gasteiger partial charge in [0.2, 0.25) is 0 Å². The molecule has 10 heavy (non-hydrogen) atoms. The molecule has 0 atom stereocenters. The molecule has 0 bridgehead atoms. The van der Waals surface area contributed by atoms with Crippen LogP contribution >= 0.6 is 7.60 Å². The molecule has 1 radical (unpaired) electrons. The van der Waals surface area contributed by atoms with E-state index in [1.165, 1.54) is 6.66 Å². The molecule has 0 N–H and O–H groups in total. The fourth-order valence-electron chi connectivity index (χ4n) is 0.534. The van der Waals surface area contributed by atoms with E-state index in [1.54, 1.807) is 0 Å². The van der Waals surface area contributed by atoms with E-state index in [2.05, 4.69) is 0 Å². The molecule has 0 spiro atoms. The average Bonchev–Trinajstić information content (AvgIpc) is 1.78. The van der Waals surface area contributed by atoms with Crippen LogP contribution in [0.1, 0.15) is 6.92 Å². The van der Waals surface area contributed by atoms with Gasteiger partial charge < -0.3 is 9.05 Å². The van der Waals surface area contributed by atoms with E-state index in [9.17, 15) is 4.57 Å². The first kappa shape index (κ1) is 11.3. The Hall–Kier alpha value is 1.25. The van der Waals surface area contributed by atoms with Crippen LogP contribution in [0.2, 0.25) is 0 Å². The van der Waals surface area contributed by atoms with Crippen LogP contribution in [0, 0.1) is 5.92 Å². The van der Waals surface area contributed by atoms with Crippen LogP contribution in [-0.2, 0) is 46.3 Å². The third kappa shape index (κ3) is 3.59. The molecule has 0 saturated carbocycles. The van der Waals surface area contributed by atoms with Crippen molar-refractivity contribution in [2.45, 2.75) is 6.92 Å². The summed E-state index contributed by atoms with van der Waals surface area (Å²) in [4.78, 5) is 0. The molecule has 1 rings (SSSR count). The summed E-state index contributed by atoms with van der Waals surface area (Å²) in [7, 11) is -2.64. The Balaban J connectivity index is 0.000000810. The first-order valence-corrected chi connectivity index (χ1v) is 4.77. The van der Waals surface area contributed by atoms with Gasteiger partial charge in [-0.25, -0.2) is 0 Å². The maximum atomic E-state index is 10.9. The molecule has 1 aliphatic rings. The Bertz CT molecular complexity index is 138. The van der Waals surface area contributed by atoms with Crippen molar-refractivity contribution in [1.29, 1.82) is 0 Å². The second-order valence-corrected chi connectivity index (χ2v) is 4.33. The van der Waals surface area contributed by atoms with Crippen molar-refractivity contribution in [3.05, 3.63) is 5.92 Å². The Labute approximate surface area is 86.3 Å². The maximum Gasteiger partial charge on any atom is 0.322 e. The molecule has 57 valence electrons. The van der Waals surface area contributed by atoms with Crippen LogP contribution in [0.5, 0.6) is 0 Å². The van der Waals surface area contributed by atoms with Gasteiger partial charge in [0.25, 0.3) is 0 Å². The molecule has 0 aromatic heterocycles. The zero-order chi connectivity index (χ0) is 6.91. The Morgan fingerprint density at radius 2 is 1.80 bits per heavy atom. The van der Waals surface area contributed by atoms with Crippen LogP contribution in [0.3, 0.4) is 0 Å². The summed E-state index contributed by atoms with van der Waals surface area (Å²) in [6, 6.07) is 0. The Morgan fingerprint density at radius 1 is 1.40 bits per heavy atom. The first-order chi connectivity index (χ1) is 4.10. The second kappa shape index (κ2) is 4.32. The maximum absolute atomic E-state index is 10.9. The van der Waals surface area contributed by atoms with Gasteiger partial charge in [-0.3, -0.25) is 10.5 Å². The second-order valence-electron chi connectivity index (χ2n) is 2.28. The van der Waals surface area contributed by atoms with Crippen molar-refractivity contribution < 1.29 is 46.3 Å². The molecule has 0 aliphatic carbocycles. The van der Waals surface area contributed by atoms with Gasteiger partial charge in [-0.2, -0.15) is 6.92 Å². The van der Waals surface area contributed by atoms with Gasteiger partial charge in [0, 0.05) is 39.4 Å². The summed E-state index contributed by atoms with van der Waals surface area (Å²) in [6.07, 6.45) is 0. The minimum Gasteiger partial charge on any atom is -0.341 e. The minimum absolute atomic E-state index is 0. The van der Waals surface area contributed by atoms with E-state index < -0.39 is 7.60 Å². The zero-order valence-electron chi connectivity index (χ0n) is 6.16. The monoisotopic (exact) mass is 238 g/mol. The van der Waals surface area contributed by atoms with E-state index >= 15 is 0 Å². The van der Waals surface area contributed by atoms with E-state index in [0.29, 0.717) is 13.2 Å². The molecule has 5 heteroatoms. The standard InChI is InChI=1S/C5H10O3P.Y/c1-5-3-7-9(2,6)8-4-5;/h3-4H2,1-2H3;/q-1;. The van der Waals surface area contributed by atoms with Gasteiger partial charge in [-0.05, 0) is 0 Å². The molecule has 1 saturated heterocycles. The number of hydrogen-bond donors (Lipinski definition) is 0. The fraction of sp³-hybridized carbons (Fsp3) is 0.800. The van der Waals surface area contributed by atoms with E-state index in [0.717, 1.165) is 5.92 Å². The predicted octanol–water partition coefficient (Wildman–Crippen LogP) is 1.45. The molecular formula is C5H10O3PY-. The van der Waals surface area contributed by atoms with Crippen molar-refractivity contribution in [2.24, 2.45) is 0 Å². The largest absolute Gasteiger partial charge is 0.341 e. The van der Waals surface area contributed by atoms with Gasteiger partial charge in [0.1, 0.15) is 0 Å². The first-order valence-electron chi connectivity index (χ1n) is 2.78. The van der Waals surface area contributed by atoms with Crippen molar-refractivity contribution in [3.63, 3.8) is 0 Å². The predicted molar refractivity (Wildman–Crippen MR) is 34.4 cm³/mol. The van der Waals surface area contributed by atoms with E-state index in [-0.39, 0.29) is 32.7 Å². The van der Waals surface area contributed by atoms with Crippen molar-refractivity contribution >= 4 is 7.60 Å². The Morgan fingerprint density at radius 3 is 2.10 bits per heavy atom. The van der Waals surface area contributed by atoms with Gasteiger partial charge in [-0.1, -0.05) is 13.2 Å². The summed E-state index contributed by atoms with van der Waals surface area (Å²) in [6.45, 7) is 4.36. The SMILES string of the molecule is C[C-]1COP(C)(=O)OC1.[Y]. The molecule has 0 unspecified atom stereocenters. The molecule has 1 aliphatic heterocycles. The molecule has 1 heterocycles. The van der Waals surface area contributed by atoms with E-state index in [1.807, 2.05) is 6.92 Å². The zero-order valence-corrected chi connectivity index (χ0v) is 9.90. The van der Waals surface area contributed by atoms with E-state index in [4.69, 9.17) is 9.05 Å².